The highest BCUT2D eigenvalue weighted by molar-refractivity contribution is 6.58. The van der Waals surface area contributed by atoms with Gasteiger partial charge in [0, 0.05) is 0 Å². The predicted octanol–water partition coefficient (Wildman–Crippen LogP) is 1.64. The second-order valence-corrected chi connectivity index (χ2v) is 6.45. The molecule has 96 valence electrons. The van der Waals surface area contributed by atoms with Crippen LogP contribution >= 0.6 is 0 Å². The molecule has 0 N–H and O–H groups in total. The van der Waals surface area contributed by atoms with E-state index in [1.807, 2.05) is 41.5 Å². The molecule has 1 aliphatic heterocycles. The Bertz CT molecular complexity index is 378. The van der Waals surface area contributed by atoms with Crippen molar-refractivity contribution in [3.05, 3.63) is 0 Å². The summed E-state index contributed by atoms with van der Waals surface area (Å²) in [5.74, 6) is 0. The predicted molar refractivity (Wildman–Crippen MR) is 70.6 cm³/mol. The molecule has 0 aromatic carbocycles. The smallest absolute Gasteiger partial charge is 0.417 e. The van der Waals surface area contributed by atoms with Crippen molar-refractivity contribution in [1.82, 2.24) is 4.90 Å². The van der Waals surface area contributed by atoms with Gasteiger partial charge in [-0.05, 0) is 50.3 Å². The van der Waals surface area contributed by atoms with E-state index in [9.17, 15) is 4.79 Å². The minimum absolute atomic E-state index is 0.0895. The quantitative estimate of drug-likeness (QED) is 0.618. The Balaban J connectivity index is 3.02. The number of hydrogen-bond donors (Lipinski definition) is 0. The lowest BCUT2D eigenvalue weighted by atomic mass is 10.2. The van der Waals surface area contributed by atoms with E-state index >= 15 is 0 Å². The first-order chi connectivity index (χ1) is 7.58. The van der Waals surface area contributed by atoms with Crippen LogP contribution in [0.25, 0.3) is 0 Å². The zero-order chi connectivity index (χ0) is 13.4. The van der Waals surface area contributed by atoms with Crippen LogP contribution in [0.4, 0.5) is 4.79 Å². The zero-order valence-electron chi connectivity index (χ0n) is 11.5. The third-order valence-corrected chi connectivity index (χ3v) is 3.38. The summed E-state index contributed by atoms with van der Waals surface area (Å²) in [6.45, 7) is 11.2. The Kier molecular flexibility index (Phi) is 3.74. The Morgan fingerprint density at radius 2 is 2.06 bits per heavy atom. The van der Waals surface area contributed by atoms with E-state index in [1.54, 1.807) is 4.90 Å². The van der Waals surface area contributed by atoms with Gasteiger partial charge in [0.2, 0.25) is 0 Å². The van der Waals surface area contributed by atoms with Gasteiger partial charge < -0.3 is 9.47 Å². The molecule has 1 fully saturated rings. The second-order valence-electron chi connectivity index (χ2n) is 5.58. The molecule has 4 nitrogen and oxygen atoms in total. The number of ether oxygens (including phenoxy) is 2. The van der Waals surface area contributed by atoms with E-state index in [0.29, 0.717) is 0 Å². The molecular weight excluding hydrogens is 234 g/mol. The van der Waals surface area contributed by atoms with Gasteiger partial charge in [-0.3, -0.25) is 0 Å². The molecule has 0 unspecified atom stereocenters. The number of nitrogens with zero attached hydrogens (tertiary/aromatic N) is 1. The summed E-state index contributed by atoms with van der Waals surface area (Å²) in [6, 6.07) is 0. The van der Waals surface area contributed by atoms with Crippen molar-refractivity contribution >= 4 is 26.3 Å². The molecule has 0 bridgehead atoms. The van der Waals surface area contributed by atoms with E-state index in [-0.39, 0.29) is 20.9 Å². The summed E-state index contributed by atoms with van der Waals surface area (Å²) < 4.78 is 11.2. The van der Waals surface area contributed by atoms with Gasteiger partial charge in [-0.25, -0.2) is 9.69 Å². The van der Waals surface area contributed by atoms with E-state index in [0.717, 1.165) is 5.29 Å². The summed E-state index contributed by atoms with van der Waals surface area (Å²) >= 11 is 0. The first kappa shape index (κ1) is 14.2. The van der Waals surface area contributed by atoms with Crippen LogP contribution in [0.5, 0.6) is 0 Å². The standard InChI is InChI=1S/C12H21NO3Si/c1-8-9(17-7)13(12(5,6)15-8)10(14)16-11(2,3)4/h8H,7H2,1-6H3/t8-/m1/s1. The first-order valence-electron chi connectivity index (χ1n) is 5.69. The molecule has 1 rings (SSSR count). The third kappa shape index (κ3) is 3.10. The number of carbonyl (C=O) groups excluding carboxylic acids is 1. The summed E-state index contributed by atoms with van der Waals surface area (Å²) in [5, 5.41) is 0.893. The highest BCUT2D eigenvalue weighted by Crippen LogP contribution is 2.29. The number of amides is 1. The number of hydrogen-bond acceptors (Lipinski definition) is 3. The van der Waals surface area contributed by atoms with E-state index in [1.165, 1.54) is 0 Å². The van der Waals surface area contributed by atoms with Crippen molar-refractivity contribution in [2.75, 3.05) is 0 Å². The van der Waals surface area contributed by atoms with E-state index in [2.05, 4.69) is 6.17 Å². The third-order valence-electron chi connectivity index (χ3n) is 2.39. The molecule has 0 aromatic rings. The van der Waals surface area contributed by atoms with Crippen LogP contribution in [0.3, 0.4) is 0 Å². The molecular formula is C12H21NO3Si. The van der Waals surface area contributed by atoms with Crippen molar-refractivity contribution in [2.45, 2.75) is 59.0 Å². The van der Waals surface area contributed by atoms with Crippen LogP contribution < -0.4 is 0 Å². The van der Waals surface area contributed by atoms with Gasteiger partial charge in [0.15, 0.2) is 0 Å². The van der Waals surface area contributed by atoms with Gasteiger partial charge in [-0.1, -0.05) is 6.17 Å². The van der Waals surface area contributed by atoms with Crippen LogP contribution in [-0.2, 0) is 9.47 Å². The summed E-state index contributed by atoms with van der Waals surface area (Å²) in [6.07, 6.45) is 3.42. The molecule has 17 heavy (non-hydrogen) atoms. The molecule has 1 heterocycles. The van der Waals surface area contributed by atoms with Crippen molar-refractivity contribution in [3.63, 3.8) is 0 Å². The van der Waals surface area contributed by atoms with Gasteiger partial charge in [0.25, 0.3) is 0 Å². The van der Waals surface area contributed by atoms with Crippen molar-refractivity contribution < 1.29 is 14.3 Å². The van der Waals surface area contributed by atoms with Crippen molar-refractivity contribution in [3.8, 4) is 0 Å². The van der Waals surface area contributed by atoms with Gasteiger partial charge in [-0.2, -0.15) is 0 Å². The lowest BCUT2D eigenvalue weighted by molar-refractivity contribution is -0.0731. The Morgan fingerprint density at radius 1 is 1.53 bits per heavy atom. The molecule has 5 heteroatoms. The van der Waals surface area contributed by atoms with Gasteiger partial charge in [0.1, 0.15) is 11.3 Å². The minimum Gasteiger partial charge on any atom is -0.443 e. The normalized spacial score (nSPS) is 23.5. The van der Waals surface area contributed by atoms with Crippen molar-refractivity contribution in [1.29, 1.82) is 0 Å². The molecule has 1 saturated heterocycles. The summed E-state index contributed by atoms with van der Waals surface area (Å²) in [7, 11) is 0.285. The average Bonchev–Trinajstić information content (AvgIpc) is 2.31. The van der Waals surface area contributed by atoms with E-state index in [4.69, 9.17) is 9.47 Å². The van der Waals surface area contributed by atoms with E-state index < -0.39 is 11.3 Å². The average molecular weight is 255 g/mol. The summed E-state index contributed by atoms with van der Waals surface area (Å²) in [4.78, 5) is 13.8. The largest absolute Gasteiger partial charge is 0.443 e. The minimum atomic E-state index is -0.665. The maximum atomic E-state index is 12.2. The molecule has 1 aliphatic rings. The highest BCUT2D eigenvalue weighted by atomic mass is 28.1. The fourth-order valence-corrected chi connectivity index (χ4v) is 2.73. The Morgan fingerprint density at radius 3 is 2.47 bits per heavy atom. The highest BCUT2D eigenvalue weighted by Gasteiger charge is 2.45. The molecule has 1 amide bonds. The van der Waals surface area contributed by atoms with Crippen LogP contribution in [0.1, 0.15) is 41.5 Å². The van der Waals surface area contributed by atoms with Crippen LogP contribution in [0.2, 0.25) is 0 Å². The van der Waals surface area contributed by atoms with Crippen LogP contribution in [0.15, 0.2) is 0 Å². The fourth-order valence-electron chi connectivity index (χ4n) is 1.86. The summed E-state index contributed by atoms with van der Waals surface area (Å²) in [5.41, 5.74) is -1.17. The Labute approximate surface area is 105 Å². The van der Waals surface area contributed by atoms with Gasteiger partial charge in [0.05, 0.1) is 11.4 Å². The SMILES string of the molecule is C=[Si]=C1[C@@H](C)OC(C)(C)N1C(=O)OC(C)(C)C. The topological polar surface area (TPSA) is 38.8 Å². The van der Waals surface area contributed by atoms with Crippen LogP contribution in [0, 0.1) is 0 Å². The van der Waals surface area contributed by atoms with Gasteiger partial charge >= 0.3 is 6.09 Å². The van der Waals surface area contributed by atoms with Crippen LogP contribution in [-0.4, -0.2) is 48.6 Å². The lowest BCUT2D eigenvalue weighted by Crippen LogP contribution is -2.48. The second kappa shape index (κ2) is 4.46. The lowest BCUT2D eigenvalue weighted by Gasteiger charge is -2.32. The molecule has 0 radical (unpaired) electrons. The monoisotopic (exact) mass is 255 g/mol. The maximum Gasteiger partial charge on any atom is 0.417 e. The molecule has 0 aliphatic carbocycles. The maximum absolute atomic E-state index is 12.2. The Hall–Kier alpha value is -0.813. The molecule has 1 atom stereocenters. The molecule has 0 aromatic heterocycles. The fraction of sp³-hybridized carbons (Fsp3) is 0.750. The molecule has 0 saturated carbocycles. The number of rotatable bonds is 0. The van der Waals surface area contributed by atoms with Crippen molar-refractivity contribution in [2.24, 2.45) is 0 Å². The molecule has 0 spiro atoms. The number of carbonyl (C=O) groups is 1. The van der Waals surface area contributed by atoms with Gasteiger partial charge in [-0.15, -0.1) is 0 Å². The first-order valence-corrected chi connectivity index (χ1v) is 6.90. The zero-order valence-corrected chi connectivity index (χ0v) is 12.5.